The second-order valence-corrected chi connectivity index (χ2v) is 7.03. The van der Waals surface area contributed by atoms with E-state index in [4.69, 9.17) is 0 Å². The Hall–Kier alpha value is -2.01. The molecule has 24 heavy (non-hydrogen) atoms. The number of aromatic nitrogens is 1. The summed E-state index contributed by atoms with van der Waals surface area (Å²) in [5.41, 5.74) is 2.57. The molecule has 2 aromatic rings. The van der Waals surface area contributed by atoms with Gasteiger partial charge in [0.25, 0.3) is 11.5 Å². The fraction of sp³-hybridized carbons (Fsp3) is 0.368. The van der Waals surface area contributed by atoms with Gasteiger partial charge in [0, 0.05) is 24.2 Å². The molecule has 1 amide bonds. The molecule has 0 aliphatic carbocycles. The zero-order chi connectivity index (χ0) is 17.7. The summed E-state index contributed by atoms with van der Waals surface area (Å²) in [4.78, 5) is 25.2. The number of carbonyl (C=O) groups excluding carboxylic acids is 1. The molecule has 0 saturated heterocycles. The van der Waals surface area contributed by atoms with Gasteiger partial charge in [-0.1, -0.05) is 26.0 Å². The average Bonchev–Trinajstić information content (AvgIpc) is 2.55. The lowest BCUT2D eigenvalue weighted by molar-refractivity contribution is 0.0953. The second-order valence-electron chi connectivity index (χ2n) is 6.05. The summed E-state index contributed by atoms with van der Waals surface area (Å²) in [6.45, 7) is 6.57. The highest BCUT2D eigenvalue weighted by atomic mass is 32.2. The summed E-state index contributed by atoms with van der Waals surface area (Å²) >= 11 is 1.65. The summed E-state index contributed by atoms with van der Waals surface area (Å²) in [5, 5.41) is 2.82. The van der Waals surface area contributed by atoms with Crippen LogP contribution in [0.1, 0.15) is 41.3 Å². The zero-order valence-corrected chi connectivity index (χ0v) is 15.4. The molecule has 128 valence electrons. The smallest absolute Gasteiger partial charge is 0.268 e. The highest BCUT2D eigenvalue weighted by molar-refractivity contribution is 7.98. The number of hydrogen-bond donors (Lipinski definition) is 1. The monoisotopic (exact) mass is 344 g/mol. The average molecular weight is 344 g/mol. The van der Waals surface area contributed by atoms with Crippen molar-refractivity contribution in [3.63, 3.8) is 0 Å². The molecule has 0 unspecified atom stereocenters. The largest absolute Gasteiger partial charge is 0.351 e. The van der Waals surface area contributed by atoms with Crippen molar-refractivity contribution in [3.8, 4) is 5.69 Å². The Morgan fingerprint density at radius 3 is 2.71 bits per heavy atom. The van der Waals surface area contributed by atoms with Crippen LogP contribution >= 0.6 is 11.8 Å². The van der Waals surface area contributed by atoms with Crippen molar-refractivity contribution in [2.45, 2.75) is 26.7 Å². The molecule has 0 saturated carbocycles. The summed E-state index contributed by atoms with van der Waals surface area (Å²) < 4.78 is 1.54. The van der Waals surface area contributed by atoms with Crippen molar-refractivity contribution < 1.29 is 4.79 Å². The Bertz CT molecular complexity index is 781. The van der Waals surface area contributed by atoms with Gasteiger partial charge >= 0.3 is 0 Å². The predicted octanol–water partition coefficient (Wildman–Crippen LogP) is 3.36. The Labute approximate surface area is 147 Å². The molecule has 0 atom stereocenters. The van der Waals surface area contributed by atoms with Gasteiger partial charge in [-0.2, -0.15) is 11.8 Å². The lowest BCUT2D eigenvalue weighted by Gasteiger charge is -2.13. The van der Waals surface area contributed by atoms with Crippen LogP contribution in [-0.4, -0.2) is 29.0 Å². The molecule has 1 aromatic heterocycles. The van der Waals surface area contributed by atoms with Crippen molar-refractivity contribution >= 4 is 17.7 Å². The van der Waals surface area contributed by atoms with E-state index in [0.29, 0.717) is 18.0 Å². The van der Waals surface area contributed by atoms with E-state index in [1.807, 2.05) is 36.6 Å². The maximum absolute atomic E-state index is 12.8. The summed E-state index contributed by atoms with van der Waals surface area (Å²) in [6.07, 6.45) is 3.71. The van der Waals surface area contributed by atoms with Gasteiger partial charge < -0.3 is 5.32 Å². The number of thioether (sulfide) groups is 1. The van der Waals surface area contributed by atoms with Crippen molar-refractivity contribution in [2.24, 2.45) is 0 Å². The molecular weight excluding hydrogens is 320 g/mol. The molecule has 0 fully saturated rings. The van der Waals surface area contributed by atoms with E-state index in [2.05, 4.69) is 19.2 Å². The van der Waals surface area contributed by atoms with Crippen LogP contribution in [0.3, 0.4) is 0 Å². The summed E-state index contributed by atoms with van der Waals surface area (Å²) in [7, 11) is 0. The van der Waals surface area contributed by atoms with Crippen molar-refractivity contribution in [2.75, 3.05) is 18.6 Å². The van der Waals surface area contributed by atoms with Gasteiger partial charge in [-0.25, -0.2) is 0 Å². The molecular formula is C19H24N2O2S. The minimum Gasteiger partial charge on any atom is -0.351 e. The van der Waals surface area contributed by atoms with Crippen LogP contribution in [0.5, 0.6) is 0 Å². The van der Waals surface area contributed by atoms with Gasteiger partial charge in [0.2, 0.25) is 0 Å². The number of hydrogen-bond acceptors (Lipinski definition) is 3. The van der Waals surface area contributed by atoms with E-state index in [1.165, 1.54) is 0 Å². The fourth-order valence-corrected chi connectivity index (χ4v) is 2.80. The first-order valence-corrected chi connectivity index (χ1v) is 9.44. The van der Waals surface area contributed by atoms with Gasteiger partial charge in [0.15, 0.2) is 0 Å². The van der Waals surface area contributed by atoms with Crippen LogP contribution in [0.15, 0.2) is 41.3 Å². The third-order valence-electron chi connectivity index (χ3n) is 3.93. The SMILES string of the molecule is CSCCNC(=O)c1c(C)ccn(-c2cccc(C(C)C)c2)c1=O. The number of aryl methyl sites for hydroxylation is 1. The van der Waals surface area contributed by atoms with Gasteiger partial charge in [-0.3, -0.25) is 14.2 Å². The first kappa shape index (κ1) is 18.3. The van der Waals surface area contributed by atoms with Gasteiger partial charge in [0.1, 0.15) is 5.56 Å². The van der Waals surface area contributed by atoms with E-state index in [-0.39, 0.29) is 17.0 Å². The minimum atomic E-state index is -0.305. The third kappa shape index (κ3) is 4.09. The fourth-order valence-electron chi connectivity index (χ4n) is 2.49. The molecule has 5 heteroatoms. The molecule has 0 spiro atoms. The molecule has 0 aliphatic rings. The van der Waals surface area contributed by atoms with Crippen LogP contribution in [-0.2, 0) is 0 Å². The van der Waals surface area contributed by atoms with Crippen molar-refractivity contribution in [1.82, 2.24) is 9.88 Å². The number of benzene rings is 1. The lowest BCUT2D eigenvalue weighted by Crippen LogP contribution is -2.34. The highest BCUT2D eigenvalue weighted by Crippen LogP contribution is 2.17. The molecule has 2 rings (SSSR count). The molecule has 1 N–H and O–H groups in total. The Morgan fingerprint density at radius 1 is 1.29 bits per heavy atom. The third-order valence-corrected chi connectivity index (χ3v) is 4.55. The number of rotatable bonds is 6. The van der Waals surface area contributed by atoms with Gasteiger partial charge in [0.05, 0.1) is 0 Å². The van der Waals surface area contributed by atoms with Gasteiger partial charge in [-0.05, 0) is 48.4 Å². The van der Waals surface area contributed by atoms with Crippen molar-refractivity contribution in [3.05, 3.63) is 63.6 Å². The van der Waals surface area contributed by atoms with Crippen LogP contribution in [0.2, 0.25) is 0 Å². The quantitative estimate of drug-likeness (QED) is 0.818. The van der Waals surface area contributed by atoms with Crippen LogP contribution in [0.25, 0.3) is 5.69 Å². The Kier molecular flexibility index (Phi) is 6.26. The number of carbonyl (C=O) groups is 1. The predicted molar refractivity (Wildman–Crippen MR) is 102 cm³/mol. The summed E-state index contributed by atoms with van der Waals surface area (Å²) in [5.74, 6) is 0.892. The standard InChI is InChI=1S/C19H24N2O2S/c1-13(2)15-6-5-7-16(12-15)21-10-8-14(3)17(19(21)23)18(22)20-9-11-24-4/h5-8,10,12-13H,9,11H2,1-4H3,(H,20,22). The lowest BCUT2D eigenvalue weighted by atomic mass is 10.0. The molecule has 1 heterocycles. The normalized spacial score (nSPS) is 10.9. The van der Waals surface area contributed by atoms with E-state index in [9.17, 15) is 9.59 Å². The Balaban J connectivity index is 2.43. The maximum atomic E-state index is 12.8. The van der Waals surface area contributed by atoms with Crippen molar-refractivity contribution in [1.29, 1.82) is 0 Å². The number of amides is 1. The van der Waals surface area contributed by atoms with Crippen LogP contribution in [0, 0.1) is 6.92 Å². The van der Waals surface area contributed by atoms with E-state index in [1.54, 1.807) is 29.4 Å². The minimum absolute atomic E-state index is 0.216. The van der Waals surface area contributed by atoms with E-state index < -0.39 is 0 Å². The molecule has 4 nitrogen and oxygen atoms in total. The summed E-state index contributed by atoms with van der Waals surface area (Å²) in [6, 6.07) is 9.68. The molecule has 0 aliphatic heterocycles. The highest BCUT2D eigenvalue weighted by Gasteiger charge is 2.16. The second kappa shape index (κ2) is 8.20. The number of nitrogens with one attached hydrogen (secondary N) is 1. The van der Waals surface area contributed by atoms with E-state index in [0.717, 1.165) is 17.0 Å². The maximum Gasteiger partial charge on any atom is 0.268 e. The zero-order valence-electron chi connectivity index (χ0n) is 14.6. The first-order chi connectivity index (χ1) is 11.5. The molecule has 1 aromatic carbocycles. The van der Waals surface area contributed by atoms with E-state index >= 15 is 0 Å². The topological polar surface area (TPSA) is 51.1 Å². The molecule has 0 bridgehead atoms. The number of nitrogens with zero attached hydrogens (tertiary/aromatic N) is 1. The van der Waals surface area contributed by atoms with Crippen LogP contribution in [0.4, 0.5) is 0 Å². The molecule has 0 radical (unpaired) electrons. The number of pyridine rings is 1. The van der Waals surface area contributed by atoms with Gasteiger partial charge in [-0.15, -0.1) is 0 Å². The Morgan fingerprint density at radius 2 is 2.04 bits per heavy atom. The first-order valence-electron chi connectivity index (χ1n) is 8.05. The van der Waals surface area contributed by atoms with Crippen LogP contribution < -0.4 is 10.9 Å².